The number of amides is 3. The number of hydrogen-bond acceptors (Lipinski definition) is 9. The van der Waals surface area contributed by atoms with Crippen LogP contribution in [0.4, 0.5) is 0 Å². The summed E-state index contributed by atoms with van der Waals surface area (Å²) in [6, 6.07) is 12.7. The predicted molar refractivity (Wildman–Crippen MR) is 297 cm³/mol. The summed E-state index contributed by atoms with van der Waals surface area (Å²) in [4.78, 5) is 57.0. The summed E-state index contributed by atoms with van der Waals surface area (Å²) in [6.45, 7) is 25.9. The molecule has 394 valence electrons. The van der Waals surface area contributed by atoms with Gasteiger partial charge in [-0.1, -0.05) is 45.0 Å². The molecule has 0 aromatic heterocycles. The Kier molecular flexibility index (Phi) is 26.5. The summed E-state index contributed by atoms with van der Waals surface area (Å²) < 4.78 is 32.3. The molecule has 3 amide bonds. The average Bonchev–Trinajstić information content (AvgIpc) is 3.32. The van der Waals surface area contributed by atoms with Crippen LogP contribution in [-0.4, -0.2) is 106 Å². The quantitative estimate of drug-likeness (QED) is 0.0412. The molecule has 1 aliphatic rings. The van der Waals surface area contributed by atoms with Gasteiger partial charge in [0.15, 0.2) is 0 Å². The Balaban J connectivity index is 1.89. The minimum absolute atomic E-state index is 0.0324. The van der Waals surface area contributed by atoms with E-state index in [1.807, 2.05) is 69.3 Å². The molecule has 0 radical (unpaired) electrons. The van der Waals surface area contributed by atoms with Crippen LogP contribution in [-0.2, 0) is 46.4 Å². The van der Waals surface area contributed by atoms with Gasteiger partial charge < -0.3 is 9.16 Å². The van der Waals surface area contributed by atoms with Crippen molar-refractivity contribution < 1.29 is 37.8 Å². The average molecular weight is 1210 g/mol. The molecule has 1 fully saturated rings. The number of halogens is 1. The topological polar surface area (TPSA) is 145 Å². The molecule has 1 saturated heterocycles. The van der Waals surface area contributed by atoms with Gasteiger partial charge in [-0.2, -0.15) is 0 Å². The van der Waals surface area contributed by atoms with Crippen molar-refractivity contribution in [1.29, 1.82) is 0 Å². The van der Waals surface area contributed by atoms with Crippen molar-refractivity contribution in [2.75, 3.05) is 20.8 Å². The molecule has 3 rings (SSSR count). The van der Waals surface area contributed by atoms with Crippen molar-refractivity contribution in [3.05, 3.63) is 73.4 Å². The second kappa shape index (κ2) is 30.0. The molecule has 70 heavy (non-hydrogen) atoms. The van der Waals surface area contributed by atoms with Crippen molar-refractivity contribution in [3.63, 3.8) is 0 Å². The number of unbranched alkanes of at least 4 members (excludes halogenated alkanes) is 3. The van der Waals surface area contributed by atoms with Gasteiger partial charge in [0.2, 0.25) is 8.32 Å². The van der Waals surface area contributed by atoms with Crippen molar-refractivity contribution in [2.45, 2.75) is 195 Å². The Morgan fingerprint density at radius 1 is 0.871 bits per heavy atom. The van der Waals surface area contributed by atoms with E-state index < -0.39 is 74.6 Å². The number of benzene rings is 2. The van der Waals surface area contributed by atoms with Gasteiger partial charge in [0, 0.05) is 16.5 Å². The van der Waals surface area contributed by atoms with E-state index in [1.165, 1.54) is 56.8 Å². The van der Waals surface area contributed by atoms with Crippen molar-refractivity contribution in [1.82, 2.24) is 21.1 Å². The Morgan fingerprint density at radius 3 is 2.04 bits per heavy atom. The van der Waals surface area contributed by atoms with Crippen LogP contribution in [0.25, 0.3) is 0 Å². The number of hydrogen-bond donors (Lipinski definition) is 3. The van der Waals surface area contributed by atoms with Gasteiger partial charge in [0.1, 0.15) is 18.4 Å². The molecule has 0 saturated carbocycles. The van der Waals surface area contributed by atoms with Crippen LogP contribution in [0.2, 0.25) is 31.4 Å². The van der Waals surface area contributed by atoms with Gasteiger partial charge in [-0.05, 0) is 89.0 Å². The number of carbonyl (C=O) groups is 4. The third-order valence-electron chi connectivity index (χ3n) is 14.6. The fourth-order valence-corrected chi connectivity index (χ4v) is 25.0. The van der Waals surface area contributed by atoms with Gasteiger partial charge in [0.25, 0.3) is 5.91 Å². The van der Waals surface area contributed by atoms with Gasteiger partial charge >= 0.3 is 233 Å². The number of hydrazine groups is 1. The van der Waals surface area contributed by atoms with Gasteiger partial charge in [0.05, 0.1) is 0 Å². The number of carbonyl (C=O) groups excluding carboxylic acids is 4. The van der Waals surface area contributed by atoms with Crippen molar-refractivity contribution >= 4 is 73.0 Å². The molecule has 2 aromatic rings. The second-order valence-corrected chi connectivity index (χ2v) is 40.6. The Bertz CT molecular complexity index is 1960. The van der Waals surface area contributed by atoms with Gasteiger partial charge in [-0.15, -0.1) is 0 Å². The fraction of sp³-hybridized carbons (Fsp3) is 0.673. The molecule has 0 spiro atoms. The first-order valence-corrected chi connectivity index (χ1v) is 37.9. The SMILES string of the molecule is CCC[CH2][Sn]([CH]=C[C@H](OC)[C@H](C)[C@@H](OC)[C@@H](C)C(=O)NC(C(=O)NC(Cc1cccc(O[Si](C)(C)C(C)(C)C)c1)C(=O)N1CCCC(C(=O)OCc2cccc(I)c2)N1)C(C)C)([CH2]CCC)[CH2]CCC. The summed E-state index contributed by atoms with van der Waals surface area (Å²) in [5.74, 6) is -2.08. The minimum atomic E-state index is -2.63. The third kappa shape index (κ3) is 19.1. The monoisotopic (exact) mass is 1210 g/mol. The molecule has 1 heterocycles. The first-order chi connectivity index (χ1) is 33.0. The summed E-state index contributed by atoms with van der Waals surface area (Å²) in [7, 11) is 1.17. The van der Waals surface area contributed by atoms with Crippen LogP contribution in [0, 0.1) is 21.3 Å². The van der Waals surface area contributed by atoms with Crippen LogP contribution in [0.3, 0.4) is 0 Å². The number of ether oxygens (including phenoxy) is 3. The van der Waals surface area contributed by atoms with Gasteiger partial charge in [-0.25, -0.2) is 5.43 Å². The summed E-state index contributed by atoms with van der Waals surface area (Å²) in [6.07, 6.45) is 10.1. The zero-order valence-electron chi connectivity index (χ0n) is 45.4. The number of rotatable bonds is 29. The van der Waals surface area contributed by atoms with E-state index in [0.29, 0.717) is 25.1 Å². The van der Waals surface area contributed by atoms with Crippen LogP contribution in [0.15, 0.2) is 58.7 Å². The van der Waals surface area contributed by atoms with Crippen molar-refractivity contribution in [3.8, 4) is 5.75 Å². The van der Waals surface area contributed by atoms with Crippen LogP contribution < -0.4 is 20.5 Å². The molecule has 0 aliphatic carbocycles. The standard InChI is InChI=1S/C43H64IN4O8Si.3C4H9.Sn/c1-13-36(53-9)28(4)38(54-10)29(5)39(49)46-37(27(2)3)40(50)45-35(25-30-17-15-20-33(24-30)56-57(11,12)43(6,7)8)41(51)48-22-16-21-34(47-48)42(52)55-26-31-18-14-19-32(44)23-31;3*1-3-4-2;/h1,13-15,17-20,23-24,27-29,34-38,47H,16,21-22,25-26H2,2-12H3,(H,45,50)(H,46,49);3*1,3-4H2,2H3;/t28-,29+,34?,35?,36-,37?,38+;;;;/m0..../s1. The second-order valence-electron chi connectivity index (χ2n) is 21.6. The van der Waals surface area contributed by atoms with E-state index in [0.717, 1.165) is 14.7 Å². The maximum absolute atomic E-state index is 14.7. The number of methoxy groups -OCH3 is 2. The fourth-order valence-electron chi connectivity index (χ4n) is 9.07. The number of nitrogens with one attached hydrogen (secondary N) is 3. The molecule has 3 unspecified atom stereocenters. The van der Waals surface area contributed by atoms with Crippen LogP contribution in [0.1, 0.15) is 132 Å². The summed E-state index contributed by atoms with van der Waals surface area (Å²) in [5, 5.41) is 7.52. The van der Waals surface area contributed by atoms with Crippen molar-refractivity contribution in [2.24, 2.45) is 17.8 Å². The summed E-state index contributed by atoms with van der Waals surface area (Å²) >= 11 is -0.412. The van der Waals surface area contributed by atoms with E-state index in [1.54, 1.807) is 14.2 Å². The molecule has 0 bridgehead atoms. The van der Waals surface area contributed by atoms with E-state index in [-0.39, 0.29) is 41.9 Å². The molecule has 15 heteroatoms. The van der Waals surface area contributed by atoms with E-state index in [9.17, 15) is 19.2 Å². The van der Waals surface area contributed by atoms with Gasteiger partial charge in [-0.3, -0.25) is 14.6 Å². The third-order valence-corrected chi connectivity index (χ3v) is 33.7. The molecular weight excluding hydrogens is 1120 g/mol. The maximum atomic E-state index is 14.7. The van der Waals surface area contributed by atoms with Crippen LogP contribution in [0.5, 0.6) is 5.75 Å². The predicted octanol–water partition coefficient (Wildman–Crippen LogP) is 11.3. The number of esters is 1. The normalized spacial score (nSPS) is 17.4. The molecular formula is C55H91IN4O8SiSn. The van der Waals surface area contributed by atoms with Crippen LogP contribution >= 0.6 is 22.6 Å². The Labute approximate surface area is 441 Å². The molecule has 1 aliphatic heterocycles. The van der Waals surface area contributed by atoms with E-state index in [4.69, 9.17) is 18.6 Å². The molecule has 7 atom stereocenters. The van der Waals surface area contributed by atoms with E-state index in [2.05, 4.69) is 110 Å². The Morgan fingerprint density at radius 2 is 1.49 bits per heavy atom. The first kappa shape index (κ1) is 61.8. The molecule has 12 nitrogen and oxygen atoms in total. The zero-order chi connectivity index (χ0) is 52.2. The molecule has 3 N–H and O–H groups in total. The first-order valence-electron chi connectivity index (χ1n) is 26.2. The Hall–Kier alpha value is -2.51. The molecule has 2 aromatic carbocycles. The number of nitrogens with zero attached hydrogens (tertiary/aromatic N) is 1. The summed E-state index contributed by atoms with van der Waals surface area (Å²) in [5.41, 5.74) is 4.79. The zero-order valence-corrected chi connectivity index (χ0v) is 51.4. The van der Waals surface area contributed by atoms with E-state index >= 15 is 0 Å².